The van der Waals surface area contributed by atoms with Gasteiger partial charge in [0.25, 0.3) is 5.91 Å². The number of nitrogens with one attached hydrogen (secondary N) is 3. The fraction of sp³-hybridized carbons (Fsp3) is 0.500. The van der Waals surface area contributed by atoms with Crippen molar-refractivity contribution in [3.63, 3.8) is 0 Å². The van der Waals surface area contributed by atoms with Gasteiger partial charge >= 0.3 is 0 Å². The maximum Gasteiger partial charge on any atom is 0.251 e. The first kappa shape index (κ1) is 22.2. The number of hydrogen-bond donors (Lipinski definition) is 3. The van der Waals surface area contributed by atoms with Crippen LogP contribution in [0.5, 0.6) is 0 Å². The molecule has 2 aromatic rings. The molecule has 1 unspecified atom stereocenters. The lowest BCUT2D eigenvalue weighted by Crippen LogP contribution is -2.38. The first-order valence-corrected chi connectivity index (χ1v) is 11.2. The minimum atomic E-state index is -0.0658. The number of nitrogens with zero attached hydrogens (tertiary/aromatic N) is 2. The third-order valence-electron chi connectivity index (χ3n) is 5.09. The second kappa shape index (κ2) is 11.1. The van der Waals surface area contributed by atoms with Crippen molar-refractivity contribution < 1.29 is 9.53 Å². The van der Waals surface area contributed by atoms with E-state index in [9.17, 15) is 4.79 Å². The van der Waals surface area contributed by atoms with Crippen LogP contribution in [0, 0.1) is 13.8 Å². The number of aromatic nitrogens is 1. The molecule has 30 heavy (non-hydrogen) atoms. The molecule has 1 aliphatic heterocycles. The number of ether oxygens (including phenoxy) is 1. The molecule has 1 saturated heterocycles. The summed E-state index contributed by atoms with van der Waals surface area (Å²) in [5, 5.41) is 10.7. The highest BCUT2D eigenvalue weighted by atomic mass is 32.1. The Morgan fingerprint density at radius 3 is 2.87 bits per heavy atom. The molecule has 0 saturated carbocycles. The van der Waals surface area contributed by atoms with Crippen molar-refractivity contribution >= 4 is 23.2 Å². The summed E-state index contributed by atoms with van der Waals surface area (Å²) in [5.74, 6) is 0.664. The molecule has 1 amide bonds. The van der Waals surface area contributed by atoms with E-state index in [-0.39, 0.29) is 12.0 Å². The second-order valence-electron chi connectivity index (χ2n) is 7.40. The first-order chi connectivity index (χ1) is 14.5. The van der Waals surface area contributed by atoms with Gasteiger partial charge in [0.15, 0.2) is 5.96 Å². The molecule has 0 bridgehead atoms. The first-order valence-electron chi connectivity index (χ1n) is 10.4. The SMILES string of the molecule is CN=C(NCCc1nc(C)c(C)s1)NCc1cccc(C(=O)NCC2CCCO2)c1. The summed E-state index contributed by atoms with van der Waals surface area (Å²) in [6.45, 7) is 6.84. The van der Waals surface area contributed by atoms with E-state index in [1.165, 1.54) is 4.88 Å². The molecule has 3 N–H and O–H groups in total. The minimum Gasteiger partial charge on any atom is -0.376 e. The number of rotatable bonds is 8. The van der Waals surface area contributed by atoms with Gasteiger partial charge in [0, 0.05) is 50.2 Å². The average molecular weight is 430 g/mol. The van der Waals surface area contributed by atoms with Crippen molar-refractivity contribution in [1.29, 1.82) is 0 Å². The molecular formula is C22H31N5O2S. The second-order valence-corrected chi connectivity index (χ2v) is 8.68. The number of amides is 1. The Bertz CT molecular complexity index is 855. The van der Waals surface area contributed by atoms with Crippen LogP contribution in [0.4, 0.5) is 0 Å². The number of thiazole rings is 1. The highest BCUT2D eigenvalue weighted by Crippen LogP contribution is 2.16. The number of hydrogen-bond acceptors (Lipinski definition) is 5. The van der Waals surface area contributed by atoms with Gasteiger partial charge < -0.3 is 20.7 Å². The third-order valence-corrected chi connectivity index (χ3v) is 6.22. The number of aryl methyl sites for hydroxylation is 2. The highest BCUT2D eigenvalue weighted by Gasteiger charge is 2.16. The molecular weight excluding hydrogens is 398 g/mol. The van der Waals surface area contributed by atoms with Gasteiger partial charge in [-0.25, -0.2) is 4.98 Å². The van der Waals surface area contributed by atoms with E-state index >= 15 is 0 Å². The van der Waals surface area contributed by atoms with Gasteiger partial charge in [-0.1, -0.05) is 12.1 Å². The third kappa shape index (κ3) is 6.53. The van der Waals surface area contributed by atoms with E-state index in [2.05, 4.69) is 32.9 Å². The standard InChI is InChI=1S/C22H31N5O2S/c1-15-16(2)30-20(27-15)9-10-24-22(23-3)26-13-17-6-4-7-18(12-17)21(28)25-14-19-8-5-11-29-19/h4,6-7,12,19H,5,8-11,13-14H2,1-3H3,(H,25,28)(H2,23,24,26). The molecule has 1 aromatic heterocycles. The van der Waals surface area contributed by atoms with Gasteiger partial charge in [-0.2, -0.15) is 0 Å². The predicted molar refractivity (Wildman–Crippen MR) is 121 cm³/mol. The summed E-state index contributed by atoms with van der Waals surface area (Å²) in [4.78, 5) is 22.5. The van der Waals surface area contributed by atoms with E-state index in [4.69, 9.17) is 4.74 Å². The molecule has 1 aliphatic rings. The van der Waals surface area contributed by atoms with Gasteiger partial charge in [-0.05, 0) is 44.4 Å². The molecule has 1 aromatic carbocycles. The van der Waals surface area contributed by atoms with Crippen molar-refractivity contribution in [2.75, 3.05) is 26.7 Å². The molecule has 1 fully saturated rings. The highest BCUT2D eigenvalue weighted by molar-refractivity contribution is 7.11. The summed E-state index contributed by atoms with van der Waals surface area (Å²) in [7, 11) is 1.75. The summed E-state index contributed by atoms with van der Waals surface area (Å²) < 4.78 is 5.56. The molecule has 1 atom stereocenters. The number of guanidine groups is 1. The average Bonchev–Trinajstić information content (AvgIpc) is 3.38. The Kier molecular flexibility index (Phi) is 8.21. The van der Waals surface area contributed by atoms with Crippen molar-refractivity contribution in [3.05, 3.63) is 51.0 Å². The monoisotopic (exact) mass is 429 g/mol. The summed E-state index contributed by atoms with van der Waals surface area (Å²) >= 11 is 1.74. The van der Waals surface area contributed by atoms with Crippen molar-refractivity contribution in [2.24, 2.45) is 4.99 Å². The van der Waals surface area contributed by atoms with Crippen LogP contribution in [0.3, 0.4) is 0 Å². The van der Waals surface area contributed by atoms with Crippen molar-refractivity contribution in [3.8, 4) is 0 Å². The smallest absolute Gasteiger partial charge is 0.251 e. The largest absolute Gasteiger partial charge is 0.376 e. The zero-order valence-electron chi connectivity index (χ0n) is 18.0. The van der Waals surface area contributed by atoms with Crippen molar-refractivity contribution in [2.45, 2.75) is 45.8 Å². The lowest BCUT2D eigenvalue weighted by atomic mass is 10.1. The van der Waals surface area contributed by atoms with E-state index in [0.29, 0.717) is 18.7 Å². The maximum absolute atomic E-state index is 12.4. The van der Waals surface area contributed by atoms with Gasteiger partial charge in [0.2, 0.25) is 0 Å². The van der Waals surface area contributed by atoms with Gasteiger partial charge in [0.1, 0.15) is 0 Å². The Hall–Kier alpha value is -2.45. The van der Waals surface area contributed by atoms with Crippen LogP contribution < -0.4 is 16.0 Å². The fourth-order valence-corrected chi connectivity index (χ4v) is 4.21. The van der Waals surface area contributed by atoms with Crippen LogP contribution in [0.15, 0.2) is 29.3 Å². The van der Waals surface area contributed by atoms with E-state index in [0.717, 1.165) is 54.6 Å². The molecule has 8 heteroatoms. The Labute approximate surface area is 182 Å². The van der Waals surface area contributed by atoms with E-state index < -0.39 is 0 Å². The molecule has 162 valence electrons. The van der Waals surface area contributed by atoms with Crippen LogP contribution in [0.2, 0.25) is 0 Å². The van der Waals surface area contributed by atoms with Crippen LogP contribution in [0.1, 0.15) is 44.3 Å². The summed E-state index contributed by atoms with van der Waals surface area (Å²) in [6.07, 6.45) is 3.09. The van der Waals surface area contributed by atoms with Crippen LogP contribution >= 0.6 is 11.3 Å². The molecule has 0 spiro atoms. The molecule has 2 heterocycles. The zero-order chi connectivity index (χ0) is 21.3. The van der Waals surface area contributed by atoms with Crippen LogP contribution in [0.25, 0.3) is 0 Å². The summed E-state index contributed by atoms with van der Waals surface area (Å²) in [6, 6.07) is 7.64. The Morgan fingerprint density at radius 1 is 1.30 bits per heavy atom. The number of benzene rings is 1. The number of carbonyl (C=O) groups is 1. The number of aliphatic imine (C=N–C) groups is 1. The maximum atomic E-state index is 12.4. The van der Waals surface area contributed by atoms with Crippen molar-refractivity contribution in [1.82, 2.24) is 20.9 Å². The zero-order valence-corrected chi connectivity index (χ0v) is 18.8. The van der Waals surface area contributed by atoms with Gasteiger partial charge in [-0.15, -0.1) is 11.3 Å². The normalized spacial score (nSPS) is 16.5. The topological polar surface area (TPSA) is 87.6 Å². The van der Waals surface area contributed by atoms with Gasteiger partial charge in [0.05, 0.1) is 16.8 Å². The molecule has 7 nitrogen and oxygen atoms in total. The Balaban J connectivity index is 1.44. The van der Waals surface area contributed by atoms with Crippen LogP contribution in [-0.4, -0.2) is 49.7 Å². The minimum absolute atomic E-state index is 0.0658. The van der Waals surface area contributed by atoms with E-state index in [1.807, 2.05) is 31.2 Å². The lowest BCUT2D eigenvalue weighted by molar-refractivity contribution is 0.0857. The lowest BCUT2D eigenvalue weighted by Gasteiger charge is -2.13. The quantitative estimate of drug-likeness (QED) is 0.443. The number of carbonyl (C=O) groups excluding carboxylic acids is 1. The fourth-order valence-electron chi connectivity index (χ4n) is 3.28. The predicted octanol–water partition coefficient (Wildman–Crippen LogP) is 2.58. The summed E-state index contributed by atoms with van der Waals surface area (Å²) in [5.41, 5.74) is 2.79. The molecule has 3 rings (SSSR count). The Morgan fingerprint density at radius 2 is 2.17 bits per heavy atom. The molecule has 0 aliphatic carbocycles. The molecule has 0 radical (unpaired) electrons. The van der Waals surface area contributed by atoms with E-state index in [1.54, 1.807) is 18.4 Å². The van der Waals surface area contributed by atoms with Crippen LogP contribution in [-0.2, 0) is 17.7 Å². The van der Waals surface area contributed by atoms with Gasteiger partial charge in [-0.3, -0.25) is 9.79 Å².